The van der Waals surface area contributed by atoms with E-state index in [-0.39, 0.29) is 18.5 Å². The fourth-order valence-electron chi connectivity index (χ4n) is 2.94. The summed E-state index contributed by atoms with van der Waals surface area (Å²) in [7, 11) is 1.84. The highest BCUT2D eigenvalue weighted by Gasteiger charge is 2.19. The number of aryl methyl sites for hydroxylation is 3. The molecule has 0 aliphatic heterocycles. The first-order valence-electron chi connectivity index (χ1n) is 8.67. The normalized spacial score (nSPS) is 12.2. The molecular formula is C20H24N4OS. The molecule has 0 aliphatic carbocycles. The number of hydrogen-bond acceptors (Lipinski definition) is 5. The number of nitrogens with one attached hydrogen (secondary N) is 1. The van der Waals surface area contributed by atoms with Crippen LogP contribution in [0.3, 0.4) is 0 Å². The van der Waals surface area contributed by atoms with Crippen LogP contribution >= 0.6 is 11.3 Å². The Morgan fingerprint density at radius 1 is 1.19 bits per heavy atom. The Kier molecular flexibility index (Phi) is 5.23. The van der Waals surface area contributed by atoms with Crippen molar-refractivity contribution >= 4 is 33.3 Å². The van der Waals surface area contributed by atoms with Gasteiger partial charge in [-0.25, -0.2) is 9.97 Å². The molecule has 5 nitrogen and oxygen atoms in total. The summed E-state index contributed by atoms with van der Waals surface area (Å²) in [5.74, 6) is 1.47. The highest BCUT2D eigenvalue weighted by molar-refractivity contribution is 7.18. The van der Waals surface area contributed by atoms with Crippen molar-refractivity contribution in [3.8, 4) is 0 Å². The maximum Gasteiger partial charge on any atom is 0.242 e. The SMILES string of the molecule is Cc1nc(NCC(=O)N(C)[C@H](C)c2ccccc2)c2c(C)c(C)sc2n1. The molecule has 3 aromatic rings. The van der Waals surface area contributed by atoms with Crippen LogP contribution in [0.2, 0.25) is 0 Å². The van der Waals surface area contributed by atoms with E-state index in [9.17, 15) is 4.79 Å². The van der Waals surface area contributed by atoms with Crippen LogP contribution in [0, 0.1) is 20.8 Å². The molecule has 0 saturated carbocycles. The number of carbonyl (C=O) groups is 1. The minimum absolute atomic E-state index is 0.0165. The summed E-state index contributed by atoms with van der Waals surface area (Å²) in [4.78, 5) is 25.7. The average Bonchev–Trinajstić information content (AvgIpc) is 2.92. The Hall–Kier alpha value is -2.47. The van der Waals surface area contributed by atoms with Crippen molar-refractivity contribution in [2.75, 3.05) is 18.9 Å². The van der Waals surface area contributed by atoms with E-state index in [0.29, 0.717) is 5.82 Å². The van der Waals surface area contributed by atoms with Gasteiger partial charge in [0, 0.05) is 11.9 Å². The molecule has 0 bridgehead atoms. The Labute approximate surface area is 158 Å². The number of thiophene rings is 1. The van der Waals surface area contributed by atoms with Gasteiger partial charge in [0.15, 0.2) is 0 Å². The van der Waals surface area contributed by atoms with Gasteiger partial charge in [0.2, 0.25) is 5.91 Å². The van der Waals surface area contributed by atoms with Crippen LogP contribution in [0.1, 0.15) is 34.8 Å². The number of carbonyl (C=O) groups excluding carboxylic acids is 1. The predicted molar refractivity (Wildman–Crippen MR) is 108 cm³/mol. The van der Waals surface area contributed by atoms with Gasteiger partial charge in [-0.05, 0) is 38.8 Å². The highest BCUT2D eigenvalue weighted by atomic mass is 32.1. The minimum Gasteiger partial charge on any atom is -0.360 e. The molecule has 1 aromatic carbocycles. The monoisotopic (exact) mass is 368 g/mol. The fraction of sp³-hybridized carbons (Fsp3) is 0.350. The van der Waals surface area contributed by atoms with Crippen molar-refractivity contribution in [1.29, 1.82) is 0 Å². The molecule has 0 unspecified atom stereocenters. The number of benzene rings is 1. The fourth-order valence-corrected chi connectivity index (χ4v) is 4.01. The zero-order valence-electron chi connectivity index (χ0n) is 15.8. The van der Waals surface area contributed by atoms with Gasteiger partial charge in [0.05, 0.1) is 18.0 Å². The first kappa shape index (κ1) is 18.3. The summed E-state index contributed by atoms with van der Waals surface area (Å²) in [5.41, 5.74) is 2.29. The second-order valence-electron chi connectivity index (χ2n) is 6.53. The molecule has 1 amide bonds. The Morgan fingerprint density at radius 3 is 2.58 bits per heavy atom. The summed E-state index contributed by atoms with van der Waals surface area (Å²) in [6.07, 6.45) is 0. The van der Waals surface area contributed by atoms with Gasteiger partial charge in [-0.2, -0.15) is 0 Å². The Morgan fingerprint density at radius 2 is 1.88 bits per heavy atom. The van der Waals surface area contributed by atoms with E-state index in [0.717, 1.165) is 21.6 Å². The Bertz CT molecular complexity index is 936. The van der Waals surface area contributed by atoms with Crippen LogP contribution in [0.25, 0.3) is 10.2 Å². The lowest BCUT2D eigenvalue weighted by Crippen LogP contribution is -2.34. The third-order valence-electron chi connectivity index (χ3n) is 4.80. The molecule has 0 aliphatic rings. The lowest BCUT2D eigenvalue weighted by molar-refractivity contribution is -0.129. The maximum atomic E-state index is 12.7. The lowest BCUT2D eigenvalue weighted by Gasteiger charge is -2.25. The van der Waals surface area contributed by atoms with E-state index < -0.39 is 0 Å². The van der Waals surface area contributed by atoms with Crippen molar-refractivity contribution in [2.45, 2.75) is 33.7 Å². The van der Waals surface area contributed by atoms with Gasteiger partial charge >= 0.3 is 0 Å². The van der Waals surface area contributed by atoms with Crippen molar-refractivity contribution in [3.63, 3.8) is 0 Å². The third kappa shape index (κ3) is 3.55. The molecule has 0 saturated heterocycles. The molecule has 6 heteroatoms. The topological polar surface area (TPSA) is 58.1 Å². The number of hydrogen-bond donors (Lipinski definition) is 1. The van der Waals surface area contributed by atoms with Crippen molar-refractivity contribution in [3.05, 3.63) is 52.2 Å². The second-order valence-corrected chi connectivity index (χ2v) is 7.73. The number of rotatable bonds is 5. The predicted octanol–water partition coefficient (Wildman–Crippen LogP) is 4.25. The largest absolute Gasteiger partial charge is 0.360 e. The molecule has 2 heterocycles. The van der Waals surface area contributed by atoms with Gasteiger partial charge in [-0.3, -0.25) is 4.79 Å². The molecule has 0 spiro atoms. The van der Waals surface area contributed by atoms with Gasteiger partial charge in [-0.15, -0.1) is 11.3 Å². The quantitative estimate of drug-likeness (QED) is 0.731. The molecular weight excluding hydrogens is 344 g/mol. The van der Waals surface area contributed by atoms with Gasteiger partial charge < -0.3 is 10.2 Å². The number of aromatic nitrogens is 2. The molecule has 136 valence electrons. The van der Waals surface area contributed by atoms with Crippen molar-refractivity contribution in [2.24, 2.45) is 0 Å². The number of likely N-dealkylation sites (N-methyl/N-ethyl adjacent to an activating group) is 1. The third-order valence-corrected chi connectivity index (χ3v) is 5.90. The summed E-state index contributed by atoms with van der Waals surface area (Å²) >= 11 is 1.66. The summed E-state index contributed by atoms with van der Waals surface area (Å²) in [5, 5.41) is 4.25. The molecule has 1 N–H and O–H groups in total. The molecule has 1 atom stereocenters. The van der Waals surface area contributed by atoms with E-state index in [1.807, 2.05) is 51.2 Å². The zero-order chi connectivity index (χ0) is 18.8. The minimum atomic E-state index is 0.0165. The molecule has 2 aromatic heterocycles. The number of fused-ring (bicyclic) bond motifs is 1. The van der Waals surface area contributed by atoms with E-state index in [4.69, 9.17) is 0 Å². The zero-order valence-corrected chi connectivity index (χ0v) is 16.6. The van der Waals surface area contributed by atoms with Crippen LogP contribution in [-0.4, -0.2) is 34.4 Å². The Balaban J connectivity index is 1.76. The van der Waals surface area contributed by atoms with E-state index in [1.165, 1.54) is 10.4 Å². The van der Waals surface area contributed by atoms with Gasteiger partial charge in [-0.1, -0.05) is 30.3 Å². The standard InChI is InChI=1S/C20H24N4OS/c1-12-14(3)26-20-18(12)19(22-15(4)23-20)21-11-17(25)24(5)13(2)16-9-7-6-8-10-16/h6-10,13H,11H2,1-5H3,(H,21,22,23)/t13-/m1/s1. The summed E-state index contributed by atoms with van der Waals surface area (Å²) in [6, 6.07) is 10.1. The molecule has 3 rings (SSSR count). The molecule has 0 fully saturated rings. The van der Waals surface area contributed by atoms with Crippen LogP contribution in [0.5, 0.6) is 0 Å². The van der Waals surface area contributed by atoms with Crippen LogP contribution in [0.4, 0.5) is 5.82 Å². The first-order chi connectivity index (χ1) is 12.4. The van der Waals surface area contributed by atoms with Crippen LogP contribution in [-0.2, 0) is 4.79 Å². The highest BCUT2D eigenvalue weighted by Crippen LogP contribution is 2.33. The smallest absolute Gasteiger partial charge is 0.242 e. The van der Waals surface area contributed by atoms with Gasteiger partial charge in [0.1, 0.15) is 16.5 Å². The first-order valence-corrected chi connectivity index (χ1v) is 9.49. The second kappa shape index (κ2) is 7.41. The van der Waals surface area contributed by atoms with Crippen molar-refractivity contribution in [1.82, 2.24) is 14.9 Å². The van der Waals surface area contributed by atoms with E-state index in [1.54, 1.807) is 16.2 Å². The van der Waals surface area contributed by atoms with Crippen LogP contribution < -0.4 is 5.32 Å². The summed E-state index contributed by atoms with van der Waals surface area (Å²) in [6.45, 7) is 8.27. The van der Waals surface area contributed by atoms with E-state index in [2.05, 4.69) is 29.1 Å². The number of nitrogens with zero attached hydrogens (tertiary/aromatic N) is 3. The maximum absolute atomic E-state index is 12.7. The summed E-state index contributed by atoms with van der Waals surface area (Å²) < 4.78 is 0. The molecule has 26 heavy (non-hydrogen) atoms. The lowest BCUT2D eigenvalue weighted by atomic mass is 10.1. The van der Waals surface area contributed by atoms with E-state index >= 15 is 0 Å². The van der Waals surface area contributed by atoms with Crippen molar-refractivity contribution < 1.29 is 4.79 Å². The number of anilines is 1. The van der Waals surface area contributed by atoms with Crippen LogP contribution in [0.15, 0.2) is 30.3 Å². The average molecular weight is 369 g/mol. The molecule has 0 radical (unpaired) electrons. The number of amides is 1. The van der Waals surface area contributed by atoms with Gasteiger partial charge in [0.25, 0.3) is 0 Å².